The van der Waals surface area contributed by atoms with Crippen LogP contribution in [0.5, 0.6) is 0 Å². The molecule has 0 spiro atoms. The monoisotopic (exact) mass is 201 g/mol. The molecule has 0 saturated carbocycles. The molecule has 72 valence electrons. The number of hydrogen-bond donors (Lipinski definition) is 2. The van der Waals surface area contributed by atoms with Crippen LogP contribution >= 0.6 is 11.8 Å². The molecule has 1 unspecified atom stereocenters. The molecule has 1 heterocycles. The van der Waals surface area contributed by atoms with E-state index in [1.807, 2.05) is 6.92 Å². The third kappa shape index (κ3) is 2.74. The number of carbonyl (C=O) groups is 1. The maximum Gasteiger partial charge on any atom is 0.256 e. The summed E-state index contributed by atoms with van der Waals surface area (Å²) in [7, 11) is 0. The molecule has 0 fully saturated rings. The highest BCUT2D eigenvalue weighted by Crippen LogP contribution is 2.21. The number of thioether (sulfide) groups is 1. The van der Waals surface area contributed by atoms with Crippen molar-refractivity contribution in [3.05, 3.63) is 12.0 Å². The average Bonchev–Trinajstić information content (AvgIpc) is 2.49. The molecule has 0 aliphatic rings. The van der Waals surface area contributed by atoms with E-state index in [1.165, 1.54) is 18.0 Å². The van der Waals surface area contributed by atoms with Crippen LogP contribution in [-0.2, 0) is 4.79 Å². The van der Waals surface area contributed by atoms with E-state index in [1.54, 1.807) is 6.92 Å². The lowest BCUT2D eigenvalue weighted by molar-refractivity contribution is -0.120. The largest absolute Gasteiger partial charge is 0.440 e. The molecule has 1 aromatic rings. The number of hydrazine groups is 1. The number of oxazole rings is 1. The van der Waals surface area contributed by atoms with Crippen molar-refractivity contribution in [2.75, 3.05) is 0 Å². The standard InChI is InChI=1S/C7H11N3O2S/c1-4-3-12-7(9-4)13-5(2)6(11)10-8/h3,5H,8H2,1-2H3,(H,10,11). The van der Waals surface area contributed by atoms with Gasteiger partial charge in [0.15, 0.2) is 0 Å². The first-order chi connectivity index (χ1) is 6.13. The third-order valence-electron chi connectivity index (χ3n) is 1.39. The first-order valence-corrected chi connectivity index (χ1v) is 4.60. The van der Waals surface area contributed by atoms with Crippen molar-refractivity contribution < 1.29 is 9.21 Å². The Kier molecular flexibility index (Phi) is 3.32. The predicted octanol–water partition coefficient (Wildman–Crippen LogP) is 0.454. The van der Waals surface area contributed by atoms with Crippen molar-refractivity contribution in [2.45, 2.75) is 24.3 Å². The van der Waals surface area contributed by atoms with Gasteiger partial charge < -0.3 is 4.42 Å². The predicted molar refractivity (Wildman–Crippen MR) is 48.9 cm³/mol. The Labute approximate surface area is 80.0 Å². The fourth-order valence-corrected chi connectivity index (χ4v) is 1.49. The van der Waals surface area contributed by atoms with Gasteiger partial charge >= 0.3 is 0 Å². The molecule has 0 bridgehead atoms. The zero-order valence-corrected chi connectivity index (χ0v) is 8.22. The number of nitrogens with one attached hydrogen (secondary N) is 1. The fourth-order valence-electron chi connectivity index (χ4n) is 0.709. The summed E-state index contributed by atoms with van der Waals surface area (Å²) in [5.41, 5.74) is 2.86. The first-order valence-electron chi connectivity index (χ1n) is 3.72. The van der Waals surface area contributed by atoms with Gasteiger partial charge in [-0.3, -0.25) is 10.2 Å². The summed E-state index contributed by atoms with van der Waals surface area (Å²) >= 11 is 1.23. The van der Waals surface area contributed by atoms with Crippen LogP contribution in [0.3, 0.4) is 0 Å². The maximum atomic E-state index is 11.0. The highest BCUT2D eigenvalue weighted by molar-refractivity contribution is 8.00. The minimum Gasteiger partial charge on any atom is -0.440 e. The van der Waals surface area contributed by atoms with E-state index in [0.717, 1.165) is 5.69 Å². The summed E-state index contributed by atoms with van der Waals surface area (Å²) in [5.74, 6) is 4.72. The maximum absolute atomic E-state index is 11.0. The molecule has 0 saturated heterocycles. The molecule has 1 rings (SSSR count). The topological polar surface area (TPSA) is 81.2 Å². The molecular formula is C7H11N3O2S. The lowest BCUT2D eigenvalue weighted by atomic mass is 10.5. The number of carbonyl (C=O) groups excluding carboxylic acids is 1. The SMILES string of the molecule is Cc1coc(SC(C)C(=O)NN)n1. The Morgan fingerprint density at radius 3 is 3.00 bits per heavy atom. The van der Waals surface area contributed by atoms with E-state index in [9.17, 15) is 4.79 Å². The van der Waals surface area contributed by atoms with E-state index in [0.29, 0.717) is 5.22 Å². The number of hydrogen-bond acceptors (Lipinski definition) is 5. The van der Waals surface area contributed by atoms with Crippen molar-refractivity contribution in [3.63, 3.8) is 0 Å². The van der Waals surface area contributed by atoms with Gasteiger partial charge in [0.25, 0.3) is 5.22 Å². The van der Waals surface area contributed by atoms with Gasteiger partial charge in [0, 0.05) is 0 Å². The minimum absolute atomic E-state index is 0.249. The minimum atomic E-state index is -0.303. The Morgan fingerprint density at radius 1 is 1.85 bits per heavy atom. The van der Waals surface area contributed by atoms with Crippen molar-refractivity contribution >= 4 is 17.7 Å². The molecule has 0 aliphatic heterocycles. The van der Waals surface area contributed by atoms with Crippen molar-refractivity contribution in [1.29, 1.82) is 0 Å². The second-order valence-corrected chi connectivity index (χ2v) is 3.82. The van der Waals surface area contributed by atoms with Crippen LogP contribution in [0.4, 0.5) is 0 Å². The molecule has 1 aromatic heterocycles. The van der Waals surface area contributed by atoms with Crippen LogP contribution in [0, 0.1) is 6.92 Å². The third-order valence-corrected chi connectivity index (χ3v) is 2.34. The van der Waals surface area contributed by atoms with E-state index >= 15 is 0 Å². The van der Waals surface area contributed by atoms with Crippen LogP contribution in [-0.4, -0.2) is 16.1 Å². The van der Waals surface area contributed by atoms with Crippen LogP contribution in [0.15, 0.2) is 15.9 Å². The molecule has 5 nitrogen and oxygen atoms in total. The lowest BCUT2D eigenvalue weighted by Gasteiger charge is -2.04. The van der Waals surface area contributed by atoms with Crippen molar-refractivity contribution in [2.24, 2.45) is 5.84 Å². The normalized spacial score (nSPS) is 12.5. The van der Waals surface area contributed by atoms with E-state index in [2.05, 4.69) is 10.4 Å². The molecule has 0 aliphatic carbocycles. The van der Waals surface area contributed by atoms with Gasteiger partial charge in [-0.15, -0.1) is 0 Å². The highest BCUT2D eigenvalue weighted by Gasteiger charge is 2.15. The summed E-state index contributed by atoms with van der Waals surface area (Å²) in [6.45, 7) is 3.55. The molecule has 1 amide bonds. The number of amides is 1. The van der Waals surface area contributed by atoms with Gasteiger partial charge in [-0.1, -0.05) is 11.8 Å². The molecule has 0 radical (unpaired) electrons. The summed E-state index contributed by atoms with van der Waals surface area (Å²) in [6, 6.07) is 0. The smallest absolute Gasteiger partial charge is 0.256 e. The molecule has 1 atom stereocenters. The van der Waals surface area contributed by atoms with E-state index < -0.39 is 0 Å². The van der Waals surface area contributed by atoms with Crippen LogP contribution < -0.4 is 11.3 Å². The molecular weight excluding hydrogens is 190 g/mol. The van der Waals surface area contributed by atoms with E-state index in [-0.39, 0.29) is 11.2 Å². The Morgan fingerprint density at radius 2 is 2.54 bits per heavy atom. The quantitative estimate of drug-likeness (QED) is 0.321. The van der Waals surface area contributed by atoms with Gasteiger partial charge in [0.05, 0.1) is 10.9 Å². The summed E-state index contributed by atoms with van der Waals surface area (Å²) in [5, 5.41) is 0.177. The van der Waals surface area contributed by atoms with Gasteiger partial charge in [0.2, 0.25) is 5.91 Å². The second-order valence-electron chi connectivity index (χ2n) is 2.52. The van der Waals surface area contributed by atoms with Gasteiger partial charge in [0.1, 0.15) is 6.26 Å². The second kappa shape index (κ2) is 4.29. The average molecular weight is 201 g/mol. The number of aromatic nitrogens is 1. The molecule has 6 heteroatoms. The summed E-state index contributed by atoms with van der Waals surface area (Å²) in [6.07, 6.45) is 1.54. The fraction of sp³-hybridized carbons (Fsp3) is 0.429. The Hall–Kier alpha value is -1.01. The van der Waals surface area contributed by atoms with Gasteiger partial charge in [-0.25, -0.2) is 10.8 Å². The van der Waals surface area contributed by atoms with Crippen molar-refractivity contribution in [3.8, 4) is 0 Å². The first kappa shape index (κ1) is 10.1. The van der Waals surface area contributed by atoms with Crippen LogP contribution in [0.2, 0.25) is 0 Å². The zero-order chi connectivity index (χ0) is 9.84. The lowest BCUT2D eigenvalue weighted by Crippen LogP contribution is -2.36. The summed E-state index contributed by atoms with van der Waals surface area (Å²) < 4.78 is 5.06. The van der Waals surface area contributed by atoms with Gasteiger partial charge in [-0.05, 0) is 13.8 Å². The Balaban J connectivity index is 2.54. The summed E-state index contributed by atoms with van der Waals surface area (Å²) in [4.78, 5) is 15.0. The highest BCUT2D eigenvalue weighted by atomic mass is 32.2. The Bertz CT molecular complexity index is 300. The van der Waals surface area contributed by atoms with Crippen LogP contribution in [0.1, 0.15) is 12.6 Å². The zero-order valence-electron chi connectivity index (χ0n) is 7.40. The molecule has 13 heavy (non-hydrogen) atoms. The van der Waals surface area contributed by atoms with Crippen molar-refractivity contribution in [1.82, 2.24) is 10.4 Å². The molecule has 3 N–H and O–H groups in total. The number of aryl methyl sites for hydroxylation is 1. The number of nitrogens with zero attached hydrogens (tertiary/aromatic N) is 1. The number of nitrogens with two attached hydrogens (primary N) is 1. The van der Waals surface area contributed by atoms with Gasteiger partial charge in [-0.2, -0.15) is 0 Å². The molecule has 0 aromatic carbocycles. The van der Waals surface area contributed by atoms with Crippen LogP contribution in [0.25, 0.3) is 0 Å². The number of rotatable bonds is 3. The van der Waals surface area contributed by atoms with E-state index in [4.69, 9.17) is 10.3 Å².